The highest BCUT2D eigenvalue weighted by Crippen LogP contribution is 2.46. The zero-order valence-electron chi connectivity index (χ0n) is 8.92. The highest BCUT2D eigenvalue weighted by molar-refractivity contribution is 6.52. The summed E-state index contributed by atoms with van der Waals surface area (Å²) in [7, 11) is 0. The minimum absolute atomic E-state index is 0.00570. The van der Waals surface area contributed by atoms with Gasteiger partial charge in [-0.1, -0.05) is 59.1 Å². The van der Waals surface area contributed by atoms with Crippen LogP contribution in [0.25, 0.3) is 0 Å². The monoisotopic (exact) mass is 325 g/mol. The van der Waals surface area contributed by atoms with Gasteiger partial charge in [0.05, 0.1) is 21.2 Å². The quantitative estimate of drug-likeness (QED) is 0.452. The maximum Gasteiger partial charge on any atom is 0.316 e. The Balaban J connectivity index is 3.17. The molecule has 0 radical (unpaired) electrons. The molecule has 0 spiro atoms. The second-order valence-corrected chi connectivity index (χ2v) is 5.12. The van der Waals surface area contributed by atoms with Crippen molar-refractivity contribution < 1.29 is 9.53 Å². The number of hydrogen-bond acceptors (Lipinski definition) is 3. The lowest BCUT2D eigenvalue weighted by atomic mass is 9.88. The van der Waals surface area contributed by atoms with Crippen molar-refractivity contribution in [1.82, 2.24) is 0 Å². The smallest absolute Gasteiger partial charge is 0.316 e. The number of nitriles is 1. The van der Waals surface area contributed by atoms with E-state index in [-0.39, 0.29) is 21.7 Å². The molecule has 1 aliphatic rings. The first-order valence-electron chi connectivity index (χ1n) is 4.69. The molecule has 2 atom stereocenters. The Kier molecular flexibility index (Phi) is 5.12. The minimum Gasteiger partial charge on any atom is -0.461 e. The van der Waals surface area contributed by atoms with Crippen LogP contribution >= 0.6 is 46.4 Å². The van der Waals surface area contributed by atoms with E-state index >= 15 is 0 Å². The third-order valence-electron chi connectivity index (χ3n) is 2.22. The first-order valence-corrected chi connectivity index (χ1v) is 6.20. The third kappa shape index (κ3) is 2.67. The van der Waals surface area contributed by atoms with Gasteiger partial charge < -0.3 is 4.74 Å². The molecule has 0 aromatic rings. The Labute approximate surface area is 124 Å². The van der Waals surface area contributed by atoms with Crippen molar-refractivity contribution in [3.8, 4) is 6.07 Å². The van der Waals surface area contributed by atoms with Gasteiger partial charge in [0.2, 0.25) is 0 Å². The van der Waals surface area contributed by atoms with Crippen molar-refractivity contribution in [1.29, 1.82) is 5.26 Å². The molecule has 3 nitrogen and oxygen atoms in total. The van der Waals surface area contributed by atoms with E-state index in [2.05, 4.69) is 6.58 Å². The number of carbonyl (C=O) groups is 1. The van der Waals surface area contributed by atoms with Crippen molar-refractivity contribution in [2.45, 2.75) is 4.87 Å². The predicted molar refractivity (Wildman–Crippen MR) is 71.5 cm³/mol. The summed E-state index contributed by atoms with van der Waals surface area (Å²) in [5, 5.41) is 8.91. The summed E-state index contributed by atoms with van der Waals surface area (Å²) in [6.07, 6.45) is 2.64. The third-order valence-corrected chi connectivity index (χ3v) is 4.22. The molecule has 0 aromatic carbocycles. The molecule has 0 N–H and O–H groups in total. The molecular weight excluding hydrogens is 320 g/mol. The number of rotatable bonds is 3. The van der Waals surface area contributed by atoms with Crippen LogP contribution in [-0.4, -0.2) is 17.5 Å². The molecule has 96 valence electrons. The summed E-state index contributed by atoms with van der Waals surface area (Å²) >= 11 is 23.5. The molecule has 0 aliphatic heterocycles. The zero-order chi connectivity index (χ0) is 13.9. The first-order chi connectivity index (χ1) is 8.38. The number of allylic oxidation sites excluding steroid dienone is 3. The van der Waals surface area contributed by atoms with Crippen molar-refractivity contribution in [3.05, 3.63) is 33.8 Å². The van der Waals surface area contributed by atoms with Gasteiger partial charge in [0, 0.05) is 0 Å². The van der Waals surface area contributed by atoms with E-state index in [9.17, 15) is 4.79 Å². The standard InChI is InChI=1S/C11H7Cl4NO2/c1-2-3-18-10(17)6-4-7(12)8(13)9(14)11(6,15)5-16/h2,4,6H,1,3H2. The number of alkyl halides is 1. The van der Waals surface area contributed by atoms with Gasteiger partial charge in [0.15, 0.2) is 4.87 Å². The fourth-order valence-corrected chi connectivity index (χ4v) is 2.35. The van der Waals surface area contributed by atoms with Gasteiger partial charge in [-0.25, -0.2) is 0 Å². The van der Waals surface area contributed by atoms with E-state index < -0.39 is 16.8 Å². The van der Waals surface area contributed by atoms with Crippen molar-refractivity contribution in [3.63, 3.8) is 0 Å². The van der Waals surface area contributed by atoms with Crippen LogP contribution in [0.5, 0.6) is 0 Å². The Morgan fingerprint density at radius 1 is 1.61 bits per heavy atom. The van der Waals surface area contributed by atoms with E-state index in [0.717, 1.165) is 0 Å². The highest BCUT2D eigenvalue weighted by atomic mass is 35.5. The molecule has 18 heavy (non-hydrogen) atoms. The van der Waals surface area contributed by atoms with Crippen LogP contribution < -0.4 is 0 Å². The van der Waals surface area contributed by atoms with Crippen LogP contribution in [0.4, 0.5) is 0 Å². The molecule has 0 amide bonds. The van der Waals surface area contributed by atoms with E-state index in [0.29, 0.717) is 0 Å². The van der Waals surface area contributed by atoms with E-state index in [1.54, 1.807) is 6.07 Å². The van der Waals surface area contributed by atoms with Gasteiger partial charge in [-0.05, 0) is 6.08 Å². The van der Waals surface area contributed by atoms with E-state index in [1.807, 2.05) is 0 Å². The van der Waals surface area contributed by atoms with Crippen LogP contribution in [-0.2, 0) is 9.53 Å². The molecule has 7 heteroatoms. The average Bonchev–Trinajstić information content (AvgIpc) is 2.37. The Bertz CT molecular complexity index is 492. The number of esters is 1. The Morgan fingerprint density at radius 3 is 2.72 bits per heavy atom. The van der Waals surface area contributed by atoms with Crippen molar-refractivity contribution in [2.75, 3.05) is 6.61 Å². The summed E-state index contributed by atoms with van der Waals surface area (Å²) in [5.74, 6) is -1.86. The van der Waals surface area contributed by atoms with Gasteiger partial charge in [-0.3, -0.25) is 4.79 Å². The molecule has 1 aliphatic carbocycles. The van der Waals surface area contributed by atoms with Crippen LogP contribution in [0.1, 0.15) is 0 Å². The van der Waals surface area contributed by atoms with Crippen LogP contribution in [0, 0.1) is 17.2 Å². The zero-order valence-corrected chi connectivity index (χ0v) is 11.9. The summed E-state index contributed by atoms with van der Waals surface area (Å²) in [5.41, 5.74) is 0. The maximum atomic E-state index is 11.8. The number of ether oxygens (including phenoxy) is 1. The SMILES string of the molecule is C=CCOC(=O)C1C=C(Cl)C(Cl)=C(Cl)C1(Cl)C#N. The molecule has 0 fully saturated rings. The van der Waals surface area contributed by atoms with Gasteiger partial charge in [-0.15, -0.1) is 0 Å². The predicted octanol–water partition coefficient (Wildman–Crippen LogP) is 3.66. The minimum atomic E-state index is -1.81. The van der Waals surface area contributed by atoms with Crippen LogP contribution in [0.15, 0.2) is 33.8 Å². The average molecular weight is 327 g/mol. The fraction of sp³-hybridized carbons (Fsp3) is 0.273. The van der Waals surface area contributed by atoms with Gasteiger partial charge in [-0.2, -0.15) is 5.26 Å². The number of halogens is 4. The molecule has 0 saturated heterocycles. The fourth-order valence-electron chi connectivity index (χ4n) is 1.32. The van der Waals surface area contributed by atoms with Crippen LogP contribution in [0.2, 0.25) is 0 Å². The second kappa shape index (κ2) is 5.99. The lowest BCUT2D eigenvalue weighted by Gasteiger charge is -2.29. The summed E-state index contributed by atoms with van der Waals surface area (Å²) < 4.78 is 4.84. The van der Waals surface area contributed by atoms with E-state index in [1.165, 1.54) is 12.2 Å². The van der Waals surface area contributed by atoms with Crippen LogP contribution in [0.3, 0.4) is 0 Å². The molecule has 1 rings (SSSR count). The Hall–Kier alpha value is -0.660. The topological polar surface area (TPSA) is 50.1 Å². The molecule has 0 bridgehead atoms. The summed E-state index contributed by atoms with van der Waals surface area (Å²) in [6.45, 7) is 3.40. The van der Waals surface area contributed by atoms with Gasteiger partial charge in [0.1, 0.15) is 12.5 Å². The molecular formula is C11H7Cl4NO2. The summed E-state index contributed by atoms with van der Waals surface area (Å²) in [4.78, 5) is 9.99. The molecule has 0 saturated carbocycles. The lowest BCUT2D eigenvalue weighted by Crippen LogP contribution is -2.39. The van der Waals surface area contributed by atoms with E-state index in [4.69, 9.17) is 56.4 Å². The molecule has 0 aromatic heterocycles. The van der Waals surface area contributed by atoms with Crippen molar-refractivity contribution in [2.24, 2.45) is 5.92 Å². The van der Waals surface area contributed by atoms with Gasteiger partial charge in [0.25, 0.3) is 0 Å². The highest BCUT2D eigenvalue weighted by Gasteiger charge is 2.48. The van der Waals surface area contributed by atoms with Crippen molar-refractivity contribution >= 4 is 52.4 Å². The second-order valence-electron chi connectivity index (χ2n) is 3.36. The number of carbonyl (C=O) groups excluding carboxylic acids is 1. The lowest BCUT2D eigenvalue weighted by molar-refractivity contribution is -0.145. The number of hydrogen-bond donors (Lipinski definition) is 0. The number of nitrogens with zero attached hydrogens (tertiary/aromatic N) is 1. The molecule has 2 unspecified atom stereocenters. The first kappa shape index (κ1) is 15.4. The normalized spacial score (nSPS) is 27.3. The molecule has 0 heterocycles. The maximum absolute atomic E-state index is 11.8. The largest absolute Gasteiger partial charge is 0.461 e. The van der Waals surface area contributed by atoms with Gasteiger partial charge >= 0.3 is 5.97 Å². The Morgan fingerprint density at radius 2 is 2.22 bits per heavy atom. The summed E-state index contributed by atoms with van der Waals surface area (Å²) in [6, 6.07) is 1.75.